The van der Waals surface area contributed by atoms with Crippen LogP contribution < -0.4 is 5.73 Å². The van der Waals surface area contributed by atoms with Crippen LogP contribution in [0.1, 0.15) is 139 Å². The summed E-state index contributed by atoms with van der Waals surface area (Å²) in [7, 11) is -4.88. The summed E-state index contributed by atoms with van der Waals surface area (Å²) >= 11 is 0. The summed E-state index contributed by atoms with van der Waals surface area (Å²) in [5, 5.41) is 45.9. The largest absolute Gasteiger partial charge is 0.472 e. The van der Waals surface area contributed by atoms with E-state index in [0.717, 1.165) is 38.1 Å². The van der Waals surface area contributed by atoms with Crippen LogP contribution in [0.25, 0.3) is 5.52 Å². The van der Waals surface area contributed by atoms with Gasteiger partial charge in [0.1, 0.15) is 42.0 Å². The average Bonchev–Trinajstić information content (AvgIpc) is 3.44. The van der Waals surface area contributed by atoms with Crippen LogP contribution in [0.5, 0.6) is 0 Å². The topological polar surface area (TPSA) is 218 Å². The van der Waals surface area contributed by atoms with Crippen molar-refractivity contribution >= 4 is 19.2 Å². The molecule has 0 bridgehead atoms. The Morgan fingerprint density at radius 1 is 0.982 bits per heavy atom. The fourth-order valence-corrected chi connectivity index (χ4v) is 8.69. The van der Waals surface area contributed by atoms with Gasteiger partial charge in [0.2, 0.25) is 5.60 Å². The zero-order valence-electron chi connectivity index (χ0n) is 32.9. The Morgan fingerprint density at radius 3 is 2.14 bits per heavy atom. The van der Waals surface area contributed by atoms with E-state index in [0.29, 0.717) is 11.9 Å². The SMILES string of the molecule is CCCCCCCCCCCCCCCCCCC[C@H](COP(=O)(O)OC1[C@H]2O[C@@](C#N)(c3ccc4c(N)ncnn34)[C@H](O)[C@@]12O)OCc1ccc(C#N)cc1F. The molecule has 2 unspecified atom stereocenters. The first-order valence-corrected chi connectivity index (χ1v) is 22.0. The molecular weight excluding hydrogens is 754 g/mol. The number of aromatic nitrogens is 3. The number of halogens is 1. The molecule has 3 aromatic rings. The molecule has 2 aliphatic rings. The van der Waals surface area contributed by atoms with Gasteiger partial charge in [-0.05, 0) is 30.7 Å². The Bertz CT molecular complexity index is 1890. The van der Waals surface area contributed by atoms with Crippen molar-refractivity contribution in [3.8, 4) is 12.1 Å². The lowest BCUT2D eigenvalue weighted by Gasteiger charge is -2.29. The molecular formula is C41H58FN6O8P. The van der Waals surface area contributed by atoms with Crippen LogP contribution in [-0.2, 0) is 35.3 Å². The lowest BCUT2D eigenvalue weighted by atomic mass is 9.90. The molecule has 0 spiro atoms. The van der Waals surface area contributed by atoms with Gasteiger partial charge in [0, 0.05) is 5.56 Å². The molecule has 7 atom stereocenters. The fourth-order valence-electron chi connectivity index (χ4n) is 7.71. The number of phosphoric ester groups is 1. The summed E-state index contributed by atoms with van der Waals surface area (Å²) < 4.78 is 51.5. The third-order valence-electron chi connectivity index (χ3n) is 11.2. The molecule has 1 aliphatic heterocycles. The Morgan fingerprint density at radius 2 is 1.60 bits per heavy atom. The number of nitrogens with zero attached hydrogens (tertiary/aromatic N) is 5. The van der Waals surface area contributed by atoms with E-state index in [4.69, 9.17) is 29.5 Å². The van der Waals surface area contributed by atoms with Gasteiger partial charge in [0.25, 0.3) is 0 Å². The zero-order valence-corrected chi connectivity index (χ0v) is 33.8. The molecule has 57 heavy (non-hydrogen) atoms. The summed E-state index contributed by atoms with van der Waals surface area (Å²) in [6, 6.07) is 10.9. The van der Waals surface area contributed by atoms with Crippen molar-refractivity contribution < 1.29 is 42.6 Å². The number of aliphatic hydroxyl groups excluding tert-OH is 1. The molecule has 0 amide bonds. The van der Waals surface area contributed by atoms with Gasteiger partial charge >= 0.3 is 7.82 Å². The molecule has 2 aromatic heterocycles. The summed E-state index contributed by atoms with van der Waals surface area (Å²) in [6.07, 6.45) is 17.0. The molecule has 3 heterocycles. The van der Waals surface area contributed by atoms with Crippen LogP contribution in [0.4, 0.5) is 10.2 Å². The summed E-state index contributed by atoms with van der Waals surface area (Å²) in [6.45, 7) is 1.70. The van der Waals surface area contributed by atoms with Crippen LogP contribution in [-0.4, -0.2) is 66.3 Å². The van der Waals surface area contributed by atoms with Gasteiger partial charge in [-0.15, -0.1) is 0 Å². The molecule has 16 heteroatoms. The summed E-state index contributed by atoms with van der Waals surface area (Å²) in [5.41, 5.74) is 2.41. The molecule has 1 aromatic carbocycles. The molecule has 5 N–H and O–H groups in total. The second kappa shape index (κ2) is 21.0. The molecule has 1 saturated carbocycles. The quantitative estimate of drug-likeness (QED) is 0.0429. The van der Waals surface area contributed by atoms with E-state index in [-0.39, 0.29) is 35.9 Å². The van der Waals surface area contributed by atoms with Crippen molar-refractivity contribution in [2.75, 3.05) is 12.3 Å². The van der Waals surface area contributed by atoms with Gasteiger partial charge in [-0.2, -0.15) is 15.6 Å². The summed E-state index contributed by atoms with van der Waals surface area (Å²) in [4.78, 5) is 14.6. The molecule has 2 fully saturated rings. The number of rotatable bonds is 27. The fraction of sp³-hybridized carbons (Fsp3) is 0.659. The number of nitrogen functional groups attached to an aromatic ring is 1. The van der Waals surface area contributed by atoms with Crippen LogP contribution in [0, 0.1) is 28.5 Å². The minimum atomic E-state index is -4.88. The van der Waals surface area contributed by atoms with Crippen LogP contribution in [0.3, 0.4) is 0 Å². The predicted molar refractivity (Wildman–Crippen MR) is 210 cm³/mol. The summed E-state index contributed by atoms with van der Waals surface area (Å²) in [5.74, 6) is -0.484. The van der Waals surface area contributed by atoms with E-state index in [1.165, 1.54) is 112 Å². The van der Waals surface area contributed by atoms with Crippen molar-refractivity contribution in [1.82, 2.24) is 14.6 Å². The maximum absolute atomic E-state index is 14.6. The Balaban J connectivity index is 1.06. The van der Waals surface area contributed by atoms with E-state index in [2.05, 4.69) is 17.0 Å². The van der Waals surface area contributed by atoms with Gasteiger partial charge in [-0.1, -0.05) is 122 Å². The molecule has 1 aliphatic carbocycles. The first kappa shape index (κ1) is 44.6. The number of unbranched alkanes of at least 4 members (excludes halogenated alkanes) is 16. The van der Waals surface area contributed by atoms with Crippen LogP contribution in [0.15, 0.2) is 36.7 Å². The first-order chi connectivity index (χ1) is 27.5. The van der Waals surface area contributed by atoms with Gasteiger partial charge in [0.05, 0.1) is 36.6 Å². The second-order valence-electron chi connectivity index (χ2n) is 15.4. The maximum Gasteiger partial charge on any atom is 0.472 e. The molecule has 312 valence electrons. The van der Waals surface area contributed by atoms with Crippen LogP contribution in [0.2, 0.25) is 0 Å². The number of benzene rings is 1. The first-order valence-electron chi connectivity index (χ1n) is 20.5. The Labute approximate surface area is 334 Å². The number of hydrogen-bond donors (Lipinski definition) is 4. The van der Waals surface area contributed by atoms with Crippen LogP contribution >= 0.6 is 7.82 Å². The highest BCUT2D eigenvalue weighted by Gasteiger charge is 2.83. The normalized spacial score (nSPS) is 24.2. The third kappa shape index (κ3) is 11.2. The number of anilines is 1. The van der Waals surface area contributed by atoms with E-state index in [1.54, 1.807) is 0 Å². The highest BCUT2D eigenvalue weighted by molar-refractivity contribution is 7.47. The van der Waals surface area contributed by atoms with Gasteiger partial charge in [-0.3, -0.25) is 9.05 Å². The second-order valence-corrected chi connectivity index (χ2v) is 16.8. The monoisotopic (exact) mass is 812 g/mol. The van der Waals surface area contributed by atoms with E-state index in [9.17, 15) is 29.3 Å². The number of nitriles is 2. The highest BCUT2D eigenvalue weighted by atomic mass is 31.2. The Kier molecular flexibility index (Phi) is 16.4. The molecule has 14 nitrogen and oxygen atoms in total. The van der Waals surface area contributed by atoms with Crippen molar-refractivity contribution in [1.29, 1.82) is 10.5 Å². The third-order valence-corrected chi connectivity index (χ3v) is 12.2. The maximum atomic E-state index is 14.6. The van der Waals surface area contributed by atoms with Gasteiger partial charge in [-0.25, -0.2) is 18.5 Å². The molecule has 1 saturated heterocycles. The van der Waals surface area contributed by atoms with Crippen molar-refractivity contribution in [3.05, 3.63) is 59.3 Å². The van der Waals surface area contributed by atoms with Gasteiger partial charge < -0.3 is 30.3 Å². The lowest BCUT2D eigenvalue weighted by Crippen LogP contribution is -2.47. The van der Waals surface area contributed by atoms with Crippen molar-refractivity contribution in [2.24, 2.45) is 0 Å². The number of aliphatic hydroxyl groups is 2. The number of ether oxygens (including phenoxy) is 2. The van der Waals surface area contributed by atoms with E-state index in [1.807, 2.05) is 12.1 Å². The van der Waals surface area contributed by atoms with E-state index >= 15 is 0 Å². The average molecular weight is 813 g/mol. The predicted octanol–water partition coefficient (Wildman–Crippen LogP) is 7.67. The Hall–Kier alpha value is -3.50. The number of hydrogen-bond acceptors (Lipinski definition) is 12. The number of fused-ring (bicyclic) bond motifs is 2. The van der Waals surface area contributed by atoms with Gasteiger partial charge in [0.15, 0.2) is 11.4 Å². The minimum absolute atomic E-state index is 0.0763. The standard InChI is InChI=1S/C41H58FN6O8P/c1-2-3-4-5-6-7-8-9-10-11-12-13-14-15-16-17-18-19-32(53-26-31-21-20-30(25-43)24-33(31)42)27-54-57(51,52)56-37-36-41(37,50)39(49)40(28-44,55-36)35-23-22-34-38(45)46-29-47-48(34)35/h20-24,29,32,36-37,39,49-50H,2-19,26-27H2,1H3,(H,51,52)(H2,45,46,47)/t32-,36-,37?,39+,40+,41+/m1/s1. The lowest BCUT2D eigenvalue weighted by molar-refractivity contribution is -0.106. The van der Waals surface area contributed by atoms with Crippen molar-refractivity contribution in [2.45, 2.75) is 165 Å². The number of nitrogens with two attached hydrogens (primary N) is 1. The van der Waals surface area contributed by atoms with Crippen molar-refractivity contribution in [3.63, 3.8) is 0 Å². The van der Waals surface area contributed by atoms with E-state index < -0.39 is 49.3 Å². The molecule has 0 radical (unpaired) electrons. The minimum Gasteiger partial charge on any atom is -0.385 e. The number of phosphoric acid groups is 1. The highest BCUT2D eigenvalue weighted by Crippen LogP contribution is 2.63. The zero-order chi connectivity index (χ0) is 40.9. The molecule has 5 rings (SSSR count). The smallest absolute Gasteiger partial charge is 0.385 e.